The summed E-state index contributed by atoms with van der Waals surface area (Å²) in [6.45, 7) is 21.1. The smallest absolute Gasteiger partial charge is 0.396 e. The van der Waals surface area contributed by atoms with Crippen molar-refractivity contribution in [3.63, 3.8) is 0 Å². The first-order valence-corrected chi connectivity index (χ1v) is 26.0. The minimum absolute atomic E-state index is 0.157. The molecule has 0 fully saturated rings. The first kappa shape index (κ1) is 55.0. The van der Waals surface area contributed by atoms with Crippen molar-refractivity contribution < 1.29 is 63.1 Å². The van der Waals surface area contributed by atoms with Gasteiger partial charge in [-0.3, -0.25) is 13.7 Å². The van der Waals surface area contributed by atoms with Crippen molar-refractivity contribution >= 4 is 30.6 Å². The van der Waals surface area contributed by atoms with Crippen molar-refractivity contribution in [1.29, 1.82) is 0 Å². The summed E-state index contributed by atoms with van der Waals surface area (Å²) in [5.41, 5.74) is 1.72. The molecule has 4 rings (SSSR count). The average Bonchev–Trinajstić information content (AvgIpc) is 3.73. The van der Waals surface area contributed by atoms with E-state index in [-0.39, 0.29) is 38.2 Å². The molecule has 2 aromatic heterocycles. The number of aryl methyl sites for hydroxylation is 2. The predicted octanol–water partition coefficient (Wildman–Crippen LogP) is 11.8. The number of benzene rings is 2. The summed E-state index contributed by atoms with van der Waals surface area (Å²) < 4.78 is 96.1. The molecule has 58 heavy (non-hydrogen) atoms. The molecule has 0 aliphatic heterocycles. The Kier molecular flexibility index (Phi) is 28.5. The van der Waals surface area contributed by atoms with E-state index in [4.69, 9.17) is 44.8 Å². The van der Waals surface area contributed by atoms with Crippen LogP contribution in [0.15, 0.2) is 87.9 Å². The third kappa shape index (κ3) is 21.9. The molecule has 2 unspecified atom stereocenters. The Morgan fingerprint density at radius 1 is 0.569 bits per heavy atom. The van der Waals surface area contributed by atoms with E-state index in [1.807, 2.05) is 81.4 Å². The largest absolute Gasteiger partial charge is 0.521 e. The monoisotopic (exact) mass is 897 g/mol. The third-order valence-electron chi connectivity index (χ3n) is 6.48. The van der Waals surface area contributed by atoms with Gasteiger partial charge in [0.25, 0.3) is 5.90 Å². The molecule has 0 aliphatic rings. The maximum atomic E-state index is 12.0. The van der Waals surface area contributed by atoms with Gasteiger partial charge < -0.3 is 40.3 Å². The van der Waals surface area contributed by atoms with Crippen LogP contribution in [-0.2, 0) is 51.8 Å². The van der Waals surface area contributed by atoms with Crippen molar-refractivity contribution in [2.45, 2.75) is 75.7 Å². The Labute approximate surface area is 342 Å². The highest BCUT2D eigenvalue weighted by atomic mass is 31.2. The summed E-state index contributed by atoms with van der Waals surface area (Å²) in [7, 11) is -11.3. The Morgan fingerprint density at radius 2 is 0.983 bits per heavy atom. The summed E-state index contributed by atoms with van der Waals surface area (Å²) in [5, 5.41) is 0. The lowest BCUT2D eigenvalue weighted by Crippen LogP contribution is -2.02. The zero-order valence-electron chi connectivity index (χ0n) is 35.5. The van der Waals surface area contributed by atoms with E-state index in [0.29, 0.717) is 42.7 Å². The van der Waals surface area contributed by atoms with Gasteiger partial charge in [-0.1, -0.05) is 81.4 Å². The second-order valence-electron chi connectivity index (χ2n) is 11.0. The number of rotatable bonds is 19. The van der Waals surface area contributed by atoms with Gasteiger partial charge >= 0.3 is 34.9 Å². The molecule has 0 amide bonds. The van der Waals surface area contributed by atoms with Gasteiger partial charge in [0.05, 0.1) is 39.6 Å². The molecular formula is C38H61O16P4+. The Balaban J connectivity index is 0.000000736. The SMILES string of the molecule is CC.CCOP(C)(=O)CP(=O)(OCC)OCC.CCO[P+](=O)CP(=O)(OCC)OCC.CCc1oc(=O)oc1-c1ccccc1.Cc1oc(=O)oc1-c1ccccc1. The molecule has 16 nitrogen and oxygen atoms in total. The topological polar surface area (TPSA) is 210 Å². The molecule has 0 N–H and O–H groups in total. The molecule has 2 heterocycles. The van der Waals surface area contributed by atoms with Crippen molar-refractivity contribution in [2.75, 3.05) is 58.1 Å². The molecule has 0 saturated heterocycles. The highest BCUT2D eigenvalue weighted by Gasteiger charge is 2.37. The van der Waals surface area contributed by atoms with Crippen molar-refractivity contribution in [2.24, 2.45) is 0 Å². The average molecular weight is 898 g/mol. The van der Waals surface area contributed by atoms with E-state index >= 15 is 0 Å². The van der Waals surface area contributed by atoms with E-state index < -0.39 is 42.2 Å². The minimum atomic E-state index is -3.26. The van der Waals surface area contributed by atoms with Crippen molar-refractivity contribution in [1.82, 2.24) is 0 Å². The van der Waals surface area contributed by atoms with Crippen LogP contribution >= 0.6 is 30.6 Å². The maximum Gasteiger partial charge on any atom is 0.521 e. The lowest BCUT2D eigenvalue weighted by atomic mass is 10.1. The molecule has 0 aliphatic carbocycles. The molecule has 0 radical (unpaired) electrons. The molecule has 0 saturated carbocycles. The Hall–Kier alpha value is -2.99. The molecule has 2 aromatic carbocycles. The van der Waals surface area contributed by atoms with E-state index in [1.54, 1.807) is 48.5 Å². The van der Waals surface area contributed by atoms with Crippen LogP contribution in [0.1, 0.15) is 73.8 Å². The predicted molar refractivity (Wildman–Crippen MR) is 227 cm³/mol. The van der Waals surface area contributed by atoms with Gasteiger partial charge in [0.2, 0.25) is 7.37 Å². The van der Waals surface area contributed by atoms with Crippen LogP contribution in [0, 0.1) is 6.92 Å². The van der Waals surface area contributed by atoms with Gasteiger partial charge in [-0.05, 0) is 53.0 Å². The van der Waals surface area contributed by atoms with Gasteiger partial charge in [-0.15, -0.1) is 4.52 Å². The van der Waals surface area contributed by atoms with Crippen LogP contribution in [-0.4, -0.2) is 58.1 Å². The standard InChI is InChI=1S/C11H10O3.C10H8O3.C8H20O5P2.C7H17O5P2.C2H6/c1-2-9-10(14-11(12)13-9)8-6-4-3-5-7-8;1-7-9(13-10(11)12-7)8-5-3-2-4-6-8;1-5-11-14(4,9)8-15(10,12-6-2)13-7-3;1-4-10-13(8)7-14(9,11-5-2)12-6-3;1-2/h3-7H,2H2,1H3;2-6H,1H3;5-8H2,1-4H3;4-7H2,1-3H3;1-2H3/q;;;+1;. The summed E-state index contributed by atoms with van der Waals surface area (Å²) in [5.74, 6) is 0.533. The molecule has 4 aromatic rings. The Bertz CT molecular complexity index is 1930. The van der Waals surface area contributed by atoms with Gasteiger partial charge in [0.1, 0.15) is 5.90 Å². The zero-order chi connectivity index (χ0) is 44.2. The molecule has 2 atom stereocenters. The number of hydrogen-bond acceptors (Lipinski definition) is 16. The fourth-order valence-corrected chi connectivity index (χ4v) is 12.7. The highest BCUT2D eigenvalue weighted by molar-refractivity contribution is 7.73. The van der Waals surface area contributed by atoms with Gasteiger partial charge in [0.15, 0.2) is 23.0 Å². The van der Waals surface area contributed by atoms with Crippen LogP contribution in [0.5, 0.6) is 0 Å². The van der Waals surface area contributed by atoms with Gasteiger partial charge in [-0.25, -0.2) is 9.59 Å². The van der Waals surface area contributed by atoms with Gasteiger partial charge in [0, 0.05) is 24.2 Å². The summed E-state index contributed by atoms with van der Waals surface area (Å²) in [6.07, 6.45) is 0.649. The molecule has 328 valence electrons. The van der Waals surface area contributed by atoms with E-state index in [2.05, 4.69) is 0 Å². The molecule has 20 heteroatoms. The van der Waals surface area contributed by atoms with Crippen molar-refractivity contribution in [3.8, 4) is 22.6 Å². The maximum absolute atomic E-state index is 12.0. The second kappa shape index (κ2) is 30.1. The molecule has 0 bridgehead atoms. The normalized spacial score (nSPS) is 12.2. The number of hydrogen-bond donors (Lipinski definition) is 0. The van der Waals surface area contributed by atoms with E-state index in [9.17, 15) is 27.8 Å². The summed E-state index contributed by atoms with van der Waals surface area (Å²) in [4.78, 5) is 21.7. The summed E-state index contributed by atoms with van der Waals surface area (Å²) in [6, 6.07) is 18.8. The van der Waals surface area contributed by atoms with E-state index in [0.717, 1.165) is 11.1 Å². The van der Waals surface area contributed by atoms with Crippen LogP contribution in [0.4, 0.5) is 0 Å². The fraction of sp³-hybridized carbons (Fsp3) is 0.526. The van der Waals surface area contributed by atoms with Crippen molar-refractivity contribution in [3.05, 3.63) is 93.4 Å². The quantitative estimate of drug-likeness (QED) is 0.0801. The highest BCUT2D eigenvalue weighted by Crippen LogP contribution is 2.61. The summed E-state index contributed by atoms with van der Waals surface area (Å²) >= 11 is 0. The van der Waals surface area contributed by atoms with Crippen LogP contribution in [0.3, 0.4) is 0 Å². The van der Waals surface area contributed by atoms with Crippen LogP contribution in [0.2, 0.25) is 0 Å². The first-order valence-electron chi connectivity index (χ1n) is 18.9. The zero-order valence-corrected chi connectivity index (χ0v) is 39.0. The first-order chi connectivity index (χ1) is 27.5. The van der Waals surface area contributed by atoms with E-state index in [1.165, 1.54) is 6.66 Å². The molecule has 0 spiro atoms. The third-order valence-corrected chi connectivity index (χ3v) is 16.2. The minimum Gasteiger partial charge on any atom is -0.396 e. The van der Waals surface area contributed by atoms with Crippen LogP contribution in [0.25, 0.3) is 22.6 Å². The van der Waals surface area contributed by atoms with Crippen LogP contribution < -0.4 is 11.6 Å². The second-order valence-corrected chi connectivity index (χ2v) is 19.9. The fourth-order valence-electron chi connectivity index (χ4n) is 4.53. The lowest BCUT2D eigenvalue weighted by molar-refractivity contribution is 0.221. The lowest BCUT2D eigenvalue weighted by Gasteiger charge is -2.20. The Morgan fingerprint density at radius 3 is 1.38 bits per heavy atom. The molecular weight excluding hydrogens is 836 g/mol. The van der Waals surface area contributed by atoms with Gasteiger partial charge in [-0.2, -0.15) is 0 Å².